The van der Waals surface area contributed by atoms with Gasteiger partial charge in [-0.2, -0.15) is 5.10 Å². The van der Waals surface area contributed by atoms with Crippen LogP contribution < -0.4 is 15.0 Å². The molecule has 6 nitrogen and oxygen atoms in total. The van der Waals surface area contributed by atoms with Gasteiger partial charge in [0.05, 0.1) is 38.1 Å². The fraction of sp³-hybridized carbons (Fsp3) is 0.360. The number of amides is 1. The first-order chi connectivity index (χ1) is 15.0. The van der Waals surface area contributed by atoms with Crippen LogP contribution in [0.3, 0.4) is 0 Å². The number of carbonyl (C=O) groups is 1. The van der Waals surface area contributed by atoms with Crippen LogP contribution in [0.25, 0.3) is 5.69 Å². The van der Waals surface area contributed by atoms with Crippen molar-refractivity contribution in [2.45, 2.75) is 32.7 Å². The fourth-order valence-corrected chi connectivity index (χ4v) is 4.45. The van der Waals surface area contributed by atoms with Crippen molar-refractivity contribution in [3.05, 3.63) is 77.1 Å². The number of hydrogen-bond donors (Lipinski definition) is 2. The highest BCUT2D eigenvalue weighted by Crippen LogP contribution is 2.17. The predicted octanol–water partition coefficient (Wildman–Crippen LogP) is 2.65. The Morgan fingerprint density at radius 2 is 1.77 bits per heavy atom. The maximum absolute atomic E-state index is 12.9. The zero-order valence-corrected chi connectivity index (χ0v) is 18.5. The minimum atomic E-state index is -0.0444. The van der Waals surface area contributed by atoms with Crippen molar-refractivity contribution < 1.29 is 14.4 Å². The number of hydrogen-bond acceptors (Lipinski definition) is 3. The Hall–Kier alpha value is -3.12. The highest BCUT2D eigenvalue weighted by atomic mass is 16.5. The van der Waals surface area contributed by atoms with Crippen molar-refractivity contribution >= 4 is 5.91 Å². The smallest absolute Gasteiger partial charge is 0.251 e. The summed E-state index contributed by atoms with van der Waals surface area (Å²) in [5, 5.41) is 7.67. The molecule has 6 heteroatoms. The van der Waals surface area contributed by atoms with Crippen LogP contribution in [0.2, 0.25) is 0 Å². The van der Waals surface area contributed by atoms with E-state index in [1.807, 2.05) is 61.0 Å². The van der Waals surface area contributed by atoms with E-state index in [2.05, 4.69) is 22.5 Å². The van der Waals surface area contributed by atoms with Gasteiger partial charge in [-0.1, -0.05) is 0 Å². The molecule has 1 aromatic heterocycles. The molecule has 0 saturated carbocycles. The van der Waals surface area contributed by atoms with Gasteiger partial charge in [-0.15, -0.1) is 0 Å². The molecule has 0 bridgehead atoms. The van der Waals surface area contributed by atoms with Crippen molar-refractivity contribution in [3.63, 3.8) is 0 Å². The number of rotatable bonds is 7. The Kier molecular flexibility index (Phi) is 6.37. The van der Waals surface area contributed by atoms with E-state index in [0.717, 1.165) is 35.9 Å². The molecule has 162 valence electrons. The normalized spacial score (nSPS) is 15.1. The molecule has 4 rings (SSSR count). The molecule has 0 spiro atoms. The SMILES string of the molecule is COc1ccc([C@H](CNC(=O)c2ccc(-n3nc(C)cc3C)cc2)[NH+]2CCCC2)cc1. The molecule has 1 fully saturated rings. The van der Waals surface area contributed by atoms with Crippen LogP contribution in [0.4, 0.5) is 0 Å². The number of aryl methyl sites for hydroxylation is 2. The maximum Gasteiger partial charge on any atom is 0.251 e. The van der Waals surface area contributed by atoms with E-state index >= 15 is 0 Å². The minimum absolute atomic E-state index is 0.0444. The van der Waals surface area contributed by atoms with Crippen molar-refractivity contribution in [3.8, 4) is 11.4 Å². The summed E-state index contributed by atoms with van der Waals surface area (Å²) in [7, 11) is 1.68. The van der Waals surface area contributed by atoms with E-state index in [1.165, 1.54) is 23.3 Å². The summed E-state index contributed by atoms with van der Waals surface area (Å²) in [6.45, 7) is 6.90. The summed E-state index contributed by atoms with van der Waals surface area (Å²) in [6, 6.07) is 18.1. The van der Waals surface area contributed by atoms with Gasteiger partial charge < -0.3 is 15.0 Å². The Bertz CT molecular complexity index is 1020. The summed E-state index contributed by atoms with van der Waals surface area (Å²) in [5.41, 5.74) is 4.91. The molecule has 1 amide bonds. The number of quaternary nitrogens is 1. The Labute approximate surface area is 183 Å². The number of likely N-dealkylation sites (tertiary alicyclic amines) is 1. The average Bonchev–Trinajstić information content (AvgIpc) is 3.44. The van der Waals surface area contributed by atoms with Crippen LogP contribution in [-0.2, 0) is 0 Å². The minimum Gasteiger partial charge on any atom is -0.497 e. The van der Waals surface area contributed by atoms with Crippen molar-refractivity contribution in [2.75, 3.05) is 26.7 Å². The fourth-order valence-electron chi connectivity index (χ4n) is 4.45. The lowest BCUT2D eigenvalue weighted by atomic mass is 10.0. The second-order valence-electron chi connectivity index (χ2n) is 8.29. The number of aromatic nitrogens is 2. The molecule has 1 saturated heterocycles. The second kappa shape index (κ2) is 9.35. The summed E-state index contributed by atoms with van der Waals surface area (Å²) < 4.78 is 7.19. The summed E-state index contributed by atoms with van der Waals surface area (Å²) in [6.07, 6.45) is 2.48. The highest BCUT2D eigenvalue weighted by molar-refractivity contribution is 5.94. The third-order valence-corrected chi connectivity index (χ3v) is 6.11. The first kappa shape index (κ1) is 21.1. The molecule has 2 aromatic carbocycles. The lowest BCUT2D eigenvalue weighted by molar-refractivity contribution is -0.918. The van der Waals surface area contributed by atoms with Gasteiger partial charge >= 0.3 is 0 Å². The van der Waals surface area contributed by atoms with Gasteiger partial charge in [-0.25, -0.2) is 4.68 Å². The predicted molar refractivity (Wildman–Crippen MR) is 121 cm³/mol. The van der Waals surface area contributed by atoms with Gasteiger partial charge in [-0.3, -0.25) is 4.79 Å². The number of nitrogens with zero attached hydrogens (tertiary/aromatic N) is 2. The van der Waals surface area contributed by atoms with E-state index in [9.17, 15) is 4.79 Å². The monoisotopic (exact) mass is 419 g/mol. The highest BCUT2D eigenvalue weighted by Gasteiger charge is 2.28. The van der Waals surface area contributed by atoms with E-state index in [1.54, 1.807) is 7.11 Å². The Morgan fingerprint density at radius 3 is 2.35 bits per heavy atom. The molecule has 3 aromatic rings. The zero-order valence-electron chi connectivity index (χ0n) is 18.5. The van der Waals surface area contributed by atoms with Gasteiger partial charge in [0.15, 0.2) is 0 Å². The second-order valence-corrected chi connectivity index (χ2v) is 8.29. The molecular weight excluding hydrogens is 388 g/mol. The molecular formula is C25H31N4O2+. The van der Waals surface area contributed by atoms with Gasteiger partial charge in [0.2, 0.25) is 0 Å². The molecule has 1 aliphatic rings. The van der Waals surface area contributed by atoms with Crippen LogP contribution in [-0.4, -0.2) is 42.4 Å². The molecule has 0 radical (unpaired) electrons. The summed E-state index contributed by atoms with van der Waals surface area (Å²) in [5.74, 6) is 0.808. The van der Waals surface area contributed by atoms with Crippen LogP contribution in [0.5, 0.6) is 5.75 Å². The number of benzene rings is 2. The summed E-state index contributed by atoms with van der Waals surface area (Å²) in [4.78, 5) is 14.4. The van der Waals surface area contributed by atoms with Crippen LogP contribution in [0.1, 0.15) is 46.2 Å². The Balaban J connectivity index is 1.45. The van der Waals surface area contributed by atoms with E-state index in [4.69, 9.17) is 4.74 Å². The molecule has 31 heavy (non-hydrogen) atoms. The van der Waals surface area contributed by atoms with Crippen LogP contribution in [0.15, 0.2) is 54.6 Å². The standard InChI is InChI=1S/C25H30N4O2/c1-18-16-19(2)29(27-18)22-10-6-21(7-11-22)25(30)26-17-24(28-14-4-5-15-28)20-8-12-23(31-3)13-9-20/h6-13,16,24H,4-5,14-15,17H2,1-3H3,(H,26,30)/p+1/t24-/m0/s1. The number of methoxy groups -OCH3 is 1. The molecule has 1 aliphatic heterocycles. The van der Waals surface area contributed by atoms with Crippen molar-refractivity contribution in [2.24, 2.45) is 0 Å². The Morgan fingerprint density at radius 1 is 1.10 bits per heavy atom. The van der Waals surface area contributed by atoms with E-state index in [0.29, 0.717) is 12.1 Å². The zero-order chi connectivity index (χ0) is 21.8. The first-order valence-electron chi connectivity index (χ1n) is 11.0. The van der Waals surface area contributed by atoms with Crippen molar-refractivity contribution in [1.82, 2.24) is 15.1 Å². The topological polar surface area (TPSA) is 60.6 Å². The molecule has 0 aliphatic carbocycles. The van der Waals surface area contributed by atoms with Crippen molar-refractivity contribution in [1.29, 1.82) is 0 Å². The summed E-state index contributed by atoms with van der Waals surface area (Å²) >= 11 is 0. The number of nitrogens with one attached hydrogen (secondary N) is 2. The lowest BCUT2D eigenvalue weighted by Crippen LogP contribution is -3.11. The van der Waals surface area contributed by atoms with Gasteiger partial charge in [-0.05, 0) is 68.4 Å². The van der Waals surface area contributed by atoms with Crippen LogP contribution in [0, 0.1) is 13.8 Å². The maximum atomic E-state index is 12.9. The molecule has 2 N–H and O–H groups in total. The number of carbonyl (C=O) groups excluding carboxylic acids is 1. The largest absolute Gasteiger partial charge is 0.497 e. The van der Waals surface area contributed by atoms with E-state index in [-0.39, 0.29) is 11.9 Å². The van der Waals surface area contributed by atoms with Crippen LogP contribution >= 0.6 is 0 Å². The quantitative estimate of drug-likeness (QED) is 0.619. The third kappa shape index (κ3) is 4.80. The van der Waals surface area contributed by atoms with Gasteiger partial charge in [0.1, 0.15) is 11.8 Å². The molecule has 2 heterocycles. The van der Waals surface area contributed by atoms with Gasteiger partial charge in [0, 0.05) is 29.7 Å². The molecule has 1 atom stereocenters. The number of ether oxygens (including phenoxy) is 1. The van der Waals surface area contributed by atoms with E-state index < -0.39 is 0 Å². The molecule has 0 unspecified atom stereocenters. The third-order valence-electron chi connectivity index (χ3n) is 6.11. The first-order valence-corrected chi connectivity index (χ1v) is 11.0. The lowest BCUT2D eigenvalue weighted by Gasteiger charge is -2.25. The van der Waals surface area contributed by atoms with Gasteiger partial charge in [0.25, 0.3) is 5.91 Å². The average molecular weight is 420 g/mol.